The highest BCUT2D eigenvalue weighted by Crippen LogP contribution is 2.40. The first-order valence-electron chi connectivity index (χ1n) is 7.03. The first kappa shape index (κ1) is 16.7. The maximum atomic E-state index is 13.2. The van der Waals surface area contributed by atoms with Gasteiger partial charge < -0.3 is 5.73 Å². The summed E-state index contributed by atoms with van der Waals surface area (Å²) < 4.78 is 51.9. The van der Waals surface area contributed by atoms with E-state index in [1.807, 2.05) is 0 Å². The molecule has 0 saturated heterocycles. The number of rotatable bonds is 3. The standard InChI is InChI=1S/C15H18BrF4N/c16-13-6-5-12(17)7-10(13)8-14(21)9-1-3-11(4-2-9)15(18,19)20/h5-7,9,11,14H,1-4,8,21H2. The van der Waals surface area contributed by atoms with Crippen LogP contribution in [-0.4, -0.2) is 12.2 Å². The Morgan fingerprint density at radius 3 is 2.38 bits per heavy atom. The lowest BCUT2D eigenvalue weighted by atomic mass is 9.77. The van der Waals surface area contributed by atoms with Crippen molar-refractivity contribution in [1.82, 2.24) is 0 Å². The summed E-state index contributed by atoms with van der Waals surface area (Å²) in [4.78, 5) is 0. The van der Waals surface area contributed by atoms with E-state index in [9.17, 15) is 17.6 Å². The van der Waals surface area contributed by atoms with Gasteiger partial charge in [0.2, 0.25) is 0 Å². The van der Waals surface area contributed by atoms with Crippen LogP contribution in [0.1, 0.15) is 31.2 Å². The molecule has 1 atom stereocenters. The van der Waals surface area contributed by atoms with Crippen LogP contribution in [0.3, 0.4) is 0 Å². The van der Waals surface area contributed by atoms with Crippen LogP contribution in [0, 0.1) is 17.7 Å². The number of halogens is 5. The van der Waals surface area contributed by atoms with Crippen LogP contribution < -0.4 is 5.73 Å². The fourth-order valence-corrected chi connectivity index (χ4v) is 3.40. The molecule has 0 aliphatic heterocycles. The molecule has 1 fully saturated rings. The average Bonchev–Trinajstić information content (AvgIpc) is 2.42. The second-order valence-corrected chi connectivity index (χ2v) is 6.61. The minimum atomic E-state index is -4.10. The number of hydrogen-bond acceptors (Lipinski definition) is 1. The number of alkyl halides is 3. The van der Waals surface area contributed by atoms with Gasteiger partial charge in [0.1, 0.15) is 5.82 Å². The smallest absolute Gasteiger partial charge is 0.327 e. The first-order valence-corrected chi connectivity index (χ1v) is 7.83. The van der Waals surface area contributed by atoms with Crippen LogP contribution in [0.4, 0.5) is 17.6 Å². The Hall–Kier alpha value is -0.620. The lowest BCUT2D eigenvalue weighted by molar-refractivity contribution is -0.184. The van der Waals surface area contributed by atoms with E-state index >= 15 is 0 Å². The van der Waals surface area contributed by atoms with E-state index < -0.39 is 12.1 Å². The predicted octanol–water partition coefficient (Wildman–Crippen LogP) is 4.83. The van der Waals surface area contributed by atoms with Gasteiger partial charge in [-0.15, -0.1) is 0 Å². The summed E-state index contributed by atoms with van der Waals surface area (Å²) in [5.41, 5.74) is 6.89. The molecule has 118 valence electrons. The maximum absolute atomic E-state index is 13.2. The Labute approximate surface area is 130 Å². The molecule has 1 aliphatic rings. The fraction of sp³-hybridized carbons (Fsp3) is 0.600. The van der Waals surface area contributed by atoms with Gasteiger partial charge in [-0.2, -0.15) is 13.2 Å². The third-order valence-corrected chi connectivity index (χ3v) is 5.08. The van der Waals surface area contributed by atoms with Crippen molar-refractivity contribution in [2.45, 2.75) is 44.3 Å². The molecule has 1 aromatic carbocycles. The topological polar surface area (TPSA) is 26.0 Å². The normalized spacial score (nSPS) is 24.9. The maximum Gasteiger partial charge on any atom is 0.391 e. The molecule has 0 spiro atoms. The van der Waals surface area contributed by atoms with E-state index in [1.54, 1.807) is 6.07 Å². The molecule has 0 heterocycles. The van der Waals surface area contributed by atoms with Crippen LogP contribution in [0.15, 0.2) is 22.7 Å². The van der Waals surface area contributed by atoms with Crippen LogP contribution in [0.2, 0.25) is 0 Å². The van der Waals surface area contributed by atoms with E-state index in [1.165, 1.54) is 12.1 Å². The summed E-state index contributed by atoms with van der Waals surface area (Å²) in [7, 11) is 0. The molecule has 0 radical (unpaired) electrons. The largest absolute Gasteiger partial charge is 0.391 e. The summed E-state index contributed by atoms with van der Waals surface area (Å²) in [5, 5.41) is 0. The molecule has 1 saturated carbocycles. The number of benzene rings is 1. The first-order chi connectivity index (χ1) is 9.77. The lowest BCUT2D eigenvalue weighted by Crippen LogP contribution is -2.37. The van der Waals surface area contributed by atoms with Crippen molar-refractivity contribution in [3.8, 4) is 0 Å². The minimum absolute atomic E-state index is 0.0683. The van der Waals surface area contributed by atoms with Gasteiger partial charge in [0.15, 0.2) is 0 Å². The molecule has 0 aromatic heterocycles. The highest BCUT2D eigenvalue weighted by molar-refractivity contribution is 9.10. The molecule has 21 heavy (non-hydrogen) atoms. The average molecular weight is 368 g/mol. The highest BCUT2D eigenvalue weighted by atomic mass is 79.9. The van der Waals surface area contributed by atoms with Gasteiger partial charge >= 0.3 is 6.18 Å². The van der Waals surface area contributed by atoms with Crippen molar-refractivity contribution in [3.05, 3.63) is 34.1 Å². The predicted molar refractivity (Wildman–Crippen MR) is 77.3 cm³/mol. The van der Waals surface area contributed by atoms with Crippen LogP contribution in [-0.2, 0) is 6.42 Å². The number of nitrogens with two attached hydrogens (primary N) is 1. The van der Waals surface area contributed by atoms with E-state index in [2.05, 4.69) is 15.9 Å². The van der Waals surface area contributed by atoms with E-state index in [4.69, 9.17) is 5.73 Å². The Bertz CT molecular complexity index is 481. The molecule has 0 bridgehead atoms. The Morgan fingerprint density at radius 2 is 1.81 bits per heavy atom. The summed E-state index contributed by atoms with van der Waals surface area (Å²) >= 11 is 3.35. The molecule has 1 aromatic rings. The zero-order valence-corrected chi connectivity index (χ0v) is 13.1. The van der Waals surface area contributed by atoms with Crippen LogP contribution in [0.5, 0.6) is 0 Å². The minimum Gasteiger partial charge on any atom is -0.327 e. The summed E-state index contributed by atoms with van der Waals surface area (Å²) in [6, 6.07) is 4.16. The monoisotopic (exact) mass is 367 g/mol. The van der Waals surface area contributed by atoms with E-state index in [-0.39, 0.29) is 30.6 Å². The molecule has 6 heteroatoms. The van der Waals surface area contributed by atoms with Crippen molar-refractivity contribution in [2.75, 3.05) is 0 Å². The lowest BCUT2D eigenvalue weighted by Gasteiger charge is -2.33. The SMILES string of the molecule is NC(Cc1cc(F)ccc1Br)C1CCC(C(F)(F)F)CC1. The van der Waals surface area contributed by atoms with Crippen molar-refractivity contribution >= 4 is 15.9 Å². The number of hydrogen-bond donors (Lipinski definition) is 1. The fourth-order valence-electron chi connectivity index (χ4n) is 3.00. The Balaban J connectivity index is 1.93. The van der Waals surface area contributed by atoms with Gasteiger partial charge in [-0.25, -0.2) is 4.39 Å². The van der Waals surface area contributed by atoms with Crippen LogP contribution >= 0.6 is 15.9 Å². The van der Waals surface area contributed by atoms with Gasteiger partial charge in [-0.05, 0) is 61.8 Å². The Morgan fingerprint density at radius 1 is 1.19 bits per heavy atom. The molecule has 1 unspecified atom stereocenters. The molecular weight excluding hydrogens is 350 g/mol. The van der Waals surface area contributed by atoms with Crippen molar-refractivity contribution < 1.29 is 17.6 Å². The molecule has 1 aliphatic carbocycles. The Kier molecular flexibility index (Phi) is 5.30. The van der Waals surface area contributed by atoms with E-state index in [0.717, 1.165) is 10.0 Å². The molecule has 2 N–H and O–H groups in total. The summed E-state index contributed by atoms with van der Waals surface area (Å²) in [6.07, 6.45) is -2.37. The van der Waals surface area contributed by atoms with Crippen LogP contribution in [0.25, 0.3) is 0 Å². The van der Waals surface area contributed by atoms with Crippen molar-refractivity contribution in [2.24, 2.45) is 17.6 Å². The highest BCUT2D eigenvalue weighted by Gasteiger charge is 2.42. The molecule has 0 amide bonds. The van der Waals surface area contributed by atoms with Crippen molar-refractivity contribution in [3.63, 3.8) is 0 Å². The third-order valence-electron chi connectivity index (χ3n) is 4.30. The van der Waals surface area contributed by atoms with Gasteiger partial charge in [-0.1, -0.05) is 15.9 Å². The van der Waals surface area contributed by atoms with Gasteiger partial charge in [-0.3, -0.25) is 0 Å². The summed E-state index contributed by atoms with van der Waals surface area (Å²) in [6.45, 7) is 0. The van der Waals surface area contributed by atoms with Gasteiger partial charge in [0, 0.05) is 10.5 Å². The summed E-state index contributed by atoms with van der Waals surface area (Å²) in [5.74, 6) is -1.46. The quantitative estimate of drug-likeness (QED) is 0.761. The molecular formula is C15H18BrF4N. The zero-order chi connectivity index (χ0) is 15.6. The zero-order valence-electron chi connectivity index (χ0n) is 11.5. The second kappa shape index (κ2) is 6.65. The van der Waals surface area contributed by atoms with E-state index in [0.29, 0.717) is 19.3 Å². The van der Waals surface area contributed by atoms with Crippen molar-refractivity contribution in [1.29, 1.82) is 0 Å². The molecule has 2 rings (SSSR count). The second-order valence-electron chi connectivity index (χ2n) is 5.76. The van der Waals surface area contributed by atoms with Gasteiger partial charge in [0.25, 0.3) is 0 Å². The third kappa shape index (κ3) is 4.42. The van der Waals surface area contributed by atoms with Gasteiger partial charge in [0.05, 0.1) is 5.92 Å². The molecule has 1 nitrogen and oxygen atoms in total.